The Bertz CT molecular complexity index is 1850. The van der Waals surface area contributed by atoms with Gasteiger partial charge in [0.1, 0.15) is 10.6 Å². The van der Waals surface area contributed by atoms with Gasteiger partial charge in [-0.15, -0.1) is 0 Å². The van der Waals surface area contributed by atoms with E-state index in [1.165, 1.54) is 28.7 Å². The van der Waals surface area contributed by atoms with E-state index in [2.05, 4.69) is 15.4 Å². The lowest BCUT2D eigenvalue weighted by molar-refractivity contribution is -0.385. The molecule has 0 amide bonds. The van der Waals surface area contributed by atoms with Crippen molar-refractivity contribution in [3.8, 4) is 11.5 Å². The molecule has 0 bridgehead atoms. The second kappa shape index (κ2) is 13.7. The van der Waals surface area contributed by atoms with Gasteiger partial charge in [-0.3, -0.25) is 30.6 Å². The fourth-order valence-corrected chi connectivity index (χ4v) is 8.28. The molecule has 0 aromatic heterocycles. The summed E-state index contributed by atoms with van der Waals surface area (Å²) in [5.41, 5.74) is 4.36. The van der Waals surface area contributed by atoms with Gasteiger partial charge in [0.05, 0.1) is 21.7 Å². The van der Waals surface area contributed by atoms with E-state index < -0.39 is 19.9 Å². The van der Waals surface area contributed by atoms with Gasteiger partial charge in [0, 0.05) is 69.1 Å². The number of ether oxygens (including phenoxy) is 2. The minimum Gasteiger partial charge on any atom is -0.454 e. The van der Waals surface area contributed by atoms with E-state index in [-0.39, 0.29) is 40.7 Å². The molecule has 2 fully saturated rings. The first kappa shape index (κ1) is 33.1. The number of piperidine rings is 1. The zero-order chi connectivity index (χ0) is 34.0. The van der Waals surface area contributed by atoms with Gasteiger partial charge in [-0.05, 0) is 55.5 Å². The summed E-state index contributed by atoms with van der Waals surface area (Å²) < 4.78 is 39.8. The van der Waals surface area contributed by atoms with E-state index in [1.807, 2.05) is 36.9 Å². The molecule has 0 saturated carbocycles. The third-order valence-corrected chi connectivity index (χ3v) is 11.3. The predicted octanol–water partition coefficient (Wildman–Crippen LogP) is 4.81. The number of benzene rings is 3. The average Bonchev–Trinajstić information content (AvgIpc) is 3.54. The van der Waals surface area contributed by atoms with Crippen LogP contribution in [0.5, 0.6) is 11.5 Å². The molecule has 3 aromatic rings. The summed E-state index contributed by atoms with van der Waals surface area (Å²) in [6.07, 6.45) is 2.93. The van der Waals surface area contributed by atoms with E-state index in [1.54, 1.807) is 12.1 Å². The van der Waals surface area contributed by atoms with E-state index in [0.29, 0.717) is 50.4 Å². The van der Waals surface area contributed by atoms with Crippen LogP contribution in [0.2, 0.25) is 0 Å². The molecule has 0 radical (unpaired) electrons. The summed E-state index contributed by atoms with van der Waals surface area (Å²) in [6, 6.07) is 14.0. The molecule has 3 aliphatic rings. The molecular weight excluding hydrogens is 642 g/mol. The van der Waals surface area contributed by atoms with Crippen LogP contribution in [0.1, 0.15) is 37.8 Å². The Morgan fingerprint density at radius 1 is 0.938 bits per heavy atom. The molecule has 0 aliphatic carbocycles. The third-order valence-electron chi connectivity index (χ3n) is 9.23. The topological polar surface area (TPSA) is 173 Å². The minimum atomic E-state index is -4.10. The molecule has 0 unspecified atom stereocenters. The maximum absolute atomic E-state index is 13.8. The summed E-state index contributed by atoms with van der Waals surface area (Å²) in [6.45, 7) is 7.71. The van der Waals surface area contributed by atoms with Gasteiger partial charge in [0.25, 0.3) is 11.4 Å². The van der Waals surface area contributed by atoms with Crippen molar-refractivity contribution in [3.05, 3.63) is 86.0 Å². The predicted molar refractivity (Wildman–Crippen MR) is 179 cm³/mol. The quantitative estimate of drug-likeness (QED) is 0.177. The molecule has 0 spiro atoms. The first-order valence-corrected chi connectivity index (χ1v) is 17.2. The molecule has 15 nitrogen and oxygen atoms in total. The summed E-state index contributed by atoms with van der Waals surface area (Å²) in [4.78, 5) is 26.6. The number of nitrogens with zero attached hydrogens (tertiary/aromatic N) is 6. The highest BCUT2D eigenvalue weighted by Crippen LogP contribution is 2.35. The molecular formula is C32H37N7O8S. The maximum atomic E-state index is 13.8. The Balaban J connectivity index is 1.15. The Labute approximate surface area is 278 Å². The normalized spacial score (nSPS) is 20.2. The standard InChI is InChI=1S/C32H37N7O8S/c1-22-4-3-11-37(23(22)2)48(44,45)32-18-26(38(40)41)7-8-27(32)34-33-19-24-5-9-28(29(16-24)39(42)43)36-14-12-35(13-15-36)20-25-6-10-30-31(17-25)47-21-46-30/h5-10,16-19,22-23,34H,3-4,11-15,20-21H2,1-2H3/b33-19-/t22-,23-/m0/s1. The molecule has 3 heterocycles. The molecule has 3 aliphatic heterocycles. The van der Waals surface area contributed by atoms with Crippen molar-refractivity contribution < 1.29 is 27.7 Å². The van der Waals surface area contributed by atoms with Crippen LogP contribution in [-0.4, -0.2) is 79.2 Å². The van der Waals surface area contributed by atoms with Crippen molar-refractivity contribution in [2.45, 2.75) is 44.2 Å². The van der Waals surface area contributed by atoms with Crippen molar-refractivity contribution in [1.29, 1.82) is 0 Å². The van der Waals surface area contributed by atoms with Gasteiger partial charge in [0.15, 0.2) is 11.5 Å². The summed E-state index contributed by atoms with van der Waals surface area (Å²) in [5.74, 6) is 1.60. The molecule has 6 rings (SSSR count). The van der Waals surface area contributed by atoms with Gasteiger partial charge in [-0.2, -0.15) is 9.41 Å². The number of nitrogens with one attached hydrogen (secondary N) is 1. The van der Waals surface area contributed by atoms with Crippen LogP contribution in [0.3, 0.4) is 0 Å². The van der Waals surface area contributed by atoms with Crippen molar-refractivity contribution in [3.63, 3.8) is 0 Å². The maximum Gasteiger partial charge on any atom is 0.293 e. The van der Waals surface area contributed by atoms with E-state index >= 15 is 0 Å². The molecule has 254 valence electrons. The summed E-state index contributed by atoms with van der Waals surface area (Å²) >= 11 is 0. The van der Waals surface area contributed by atoms with Crippen LogP contribution < -0.4 is 19.8 Å². The SMILES string of the molecule is C[C@H]1CCCN(S(=O)(=O)c2cc([N+](=O)[O-])ccc2N/N=C\c2ccc(N3CCN(Cc4ccc5c(c4)OCO5)CC3)c([N+](=O)[O-])c2)[C@H]1C. The first-order valence-electron chi connectivity index (χ1n) is 15.7. The van der Waals surface area contributed by atoms with Crippen molar-refractivity contribution in [2.24, 2.45) is 11.0 Å². The highest BCUT2D eigenvalue weighted by Gasteiger charge is 2.36. The minimum absolute atomic E-state index is 0.0621. The lowest BCUT2D eigenvalue weighted by Gasteiger charge is -2.37. The monoisotopic (exact) mass is 679 g/mol. The number of anilines is 2. The van der Waals surface area contributed by atoms with Crippen LogP contribution in [-0.2, 0) is 16.6 Å². The lowest BCUT2D eigenvalue weighted by Crippen LogP contribution is -2.46. The second-order valence-electron chi connectivity index (χ2n) is 12.2. The summed E-state index contributed by atoms with van der Waals surface area (Å²) in [5, 5.41) is 27.8. The fraction of sp³-hybridized carbons (Fsp3) is 0.406. The number of piperazine rings is 1. The van der Waals surface area contributed by atoms with Crippen LogP contribution in [0.15, 0.2) is 64.6 Å². The number of nitro benzene ring substituents is 2. The van der Waals surface area contributed by atoms with Gasteiger partial charge in [-0.1, -0.05) is 19.1 Å². The lowest BCUT2D eigenvalue weighted by atomic mass is 9.94. The molecule has 16 heteroatoms. The molecule has 48 heavy (non-hydrogen) atoms. The highest BCUT2D eigenvalue weighted by molar-refractivity contribution is 7.89. The zero-order valence-corrected chi connectivity index (χ0v) is 27.5. The van der Waals surface area contributed by atoms with Gasteiger partial charge >= 0.3 is 0 Å². The van der Waals surface area contributed by atoms with Gasteiger partial charge in [-0.25, -0.2) is 8.42 Å². The Morgan fingerprint density at radius 3 is 2.46 bits per heavy atom. The van der Waals surface area contributed by atoms with Gasteiger partial charge in [0.2, 0.25) is 16.8 Å². The number of non-ortho nitro benzene ring substituents is 1. The molecule has 2 atom stereocenters. The number of sulfonamides is 1. The van der Waals surface area contributed by atoms with Crippen LogP contribution in [0, 0.1) is 26.1 Å². The van der Waals surface area contributed by atoms with E-state index in [4.69, 9.17) is 9.47 Å². The third kappa shape index (κ3) is 6.90. The smallest absolute Gasteiger partial charge is 0.293 e. The Hall–Kier alpha value is -4.80. The number of nitro groups is 2. The van der Waals surface area contributed by atoms with E-state index in [0.717, 1.165) is 36.1 Å². The van der Waals surface area contributed by atoms with Crippen molar-refractivity contribution in [2.75, 3.05) is 49.8 Å². The highest BCUT2D eigenvalue weighted by atomic mass is 32.2. The Kier molecular flexibility index (Phi) is 9.48. The number of hydrogen-bond donors (Lipinski definition) is 1. The van der Waals surface area contributed by atoms with Gasteiger partial charge < -0.3 is 14.4 Å². The molecule has 3 aromatic carbocycles. The fourth-order valence-electron chi connectivity index (χ4n) is 6.35. The van der Waals surface area contributed by atoms with Crippen molar-refractivity contribution >= 4 is 39.0 Å². The Morgan fingerprint density at radius 2 is 1.71 bits per heavy atom. The summed E-state index contributed by atoms with van der Waals surface area (Å²) in [7, 11) is -4.10. The first-order chi connectivity index (χ1) is 23.0. The largest absolute Gasteiger partial charge is 0.454 e. The molecule has 2 saturated heterocycles. The van der Waals surface area contributed by atoms with Crippen LogP contribution in [0.25, 0.3) is 0 Å². The average molecular weight is 680 g/mol. The van der Waals surface area contributed by atoms with Crippen molar-refractivity contribution in [1.82, 2.24) is 9.21 Å². The number of hydrogen-bond acceptors (Lipinski definition) is 12. The second-order valence-corrected chi connectivity index (χ2v) is 14.1. The van der Waals surface area contributed by atoms with Crippen LogP contribution in [0.4, 0.5) is 22.7 Å². The molecule has 1 N–H and O–H groups in total. The zero-order valence-electron chi connectivity index (χ0n) is 26.6. The number of hydrazone groups is 1. The van der Waals surface area contributed by atoms with Crippen LogP contribution >= 0.6 is 0 Å². The number of rotatable bonds is 10. The number of fused-ring (bicyclic) bond motifs is 1. The van der Waals surface area contributed by atoms with E-state index in [9.17, 15) is 28.6 Å².